The van der Waals surface area contributed by atoms with Crippen molar-refractivity contribution in [1.82, 2.24) is 5.32 Å². The minimum absolute atomic E-state index is 0.0691. The molecule has 0 aromatic heterocycles. The van der Waals surface area contributed by atoms with Gasteiger partial charge in [0.15, 0.2) is 0 Å². The predicted molar refractivity (Wildman–Crippen MR) is 90.6 cm³/mol. The van der Waals surface area contributed by atoms with E-state index in [1.54, 1.807) is 0 Å². The molecule has 0 aliphatic heterocycles. The van der Waals surface area contributed by atoms with E-state index in [1.165, 1.54) is 23.1 Å². The van der Waals surface area contributed by atoms with Crippen molar-refractivity contribution in [1.29, 1.82) is 0 Å². The molecule has 22 heavy (non-hydrogen) atoms. The summed E-state index contributed by atoms with van der Waals surface area (Å²) in [5, 5.41) is 3.30. The smallest absolute Gasteiger partial charge is 0.227 e. The molecule has 0 spiro atoms. The Morgan fingerprint density at radius 2 is 2.14 bits per heavy atom. The third-order valence-electron chi connectivity index (χ3n) is 5.83. The van der Waals surface area contributed by atoms with Crippen LogP contribution in [0.1, 0.15) is 55.8 Å². The predicted octanol–water partition coefficient (Wildman–Crippen LogP) is 4.47. The van der Waals surface area contributed by atoms with E-state index >= 15 is 0 Å². The van der Waals surface area contributed by atoms with Crippen LogP contribution in [0.25, 0.3) is 0 Å². The highest BCUT2D eigenvalue weighted by molar-refractivity contribution is 5.84. The SMILES string of the molecule is CCC1(C(=O)NC(C)c2ccc(C)cc2C)CC2C=CC1C2. The second-order valence-corrected chi connectivity index (χ2v) is 7.26. The van der Waals surface area contributed by atoms with Crippen LogP contribution in [-0.2, 0) is 4.79 Å². The summed E-state index contributed by atoms with van der Waals surface area (Å²) in [4.78, 5) is 13.0. The van der Waals surface area contributed by atoms with Gasteiger partial charge in [0.05, 0.1) is 11.5 Å². The van der Waals surface area contributed by atoms with Crippen molar-refractivity contribution in [3.8, 4) is 0 Å². The Labute approximate surface area is 134 Å². The van der Waals surface area contributed by atoms with E-state index < -0.39 is 0 Å². The van der Waals surface area contributed by atoms with Crippen molar-refractivity contribution < 1.29 is 4.79 Å². The van der Waals surface area contributed by atoms with Gasteiger partial charge in [-0.25, -0.2) is 0 Å². The number of nitrogens with one attached hydrogen (secondary N) is 1. The molecule has 2 nitrogen and oxygen atoms in total. The number of rotatable bonds is 4. The van der Waals surface area contributed by atoms with E-state index in [0.29, 0.717) is 11.8 Å². The minimum atomic E-state index is -0.174. The van der Waals surface area contributed by atoms with Crippen LogP contribution in [0.5, 0.6) is 0 Å². The van der Waals surface area contributed by atoms with Gasteiger partial charge in [-0.05, 0) is 63.0 Å². The summed E-state index contributed by atoms with van der Waals surface area (Å²) >= 11 is 0. The number of amides is 1. The molecule has 1 N–H and O–H groups in total. The van der Waals surface area contributed by atoms with E-state index in [4.69, 9.17) is 0 Å². The molecule has 2 aliphatic rings. The molecule has 4 atom stereocenters. The number of benzene rings is 1. The molecule has 1 amide bonds. The summed E-state index contributed by atoms with van der Waals surface area (Å²) in [6.45, 7) is 8.49. The molecular formula is C20H27NO. The monoisotopic (exact) mass is 297 g/mol. The number of hydrogen-bond donors (Lipinski definition) is 1. The van der Waals surface area contributed by atoms with Gasteiger partial charge >= 0.3 is 0 Å². The van der Waals surface area contributed by atoms with E-state index in [0.717, 1.165) is 12.8 Å². The van der Waals surface area contributed by atoms with Crippen molar-refractivity contribution in [2.75, 3.05) is 0 Å². The minimum Gasteiger partial charge on any atom is -0.349 e. The fourth-order valence-corrected chi connectivity index (χ4v) is 4.51. The van der Waals surface area contributed by atoms with Crippen LogP contribution in [0.3, 0.4) is 0 Å². The number of fused-ring (bicyclic) bond motifs is 2. The first-order valence-corrected chi connectivity index (χ1v) is 8.52. The van der Waals surface area contributed by atoms with Crippen molar-refractivity contribution in [3.05, 3.63) is 47.0 Å². The van der Waals surface area contributed by atoms with E-state index in [2.05, 4.69) is 63.4 Å². The fourth-order valence-electron chi connectivity index (χ4n) is 4.51. The molecule has 118 valence electrons. The summed E-state index contributed by atoms with van der Waals surface area (Å²) in [5.41, 5.74) is 3.57. The molecule has 1 fully saturated rings. The van der Waals surface area contributed by atoms with Gasteiger partial charge in [0.1, 0.15) is 0 Å². The zero-order valence-electron chi connectivity index (χ0n) is 14.1. The average molecular weight is 297 g/mol. The van der Waals surface area contributed by atoms with E-state index in [-0.39, 0.29) is 17.4 Å². The molecule has 0 saturated heterocycles. The van der Waals surface area contributed by atoms with Crippen LogP contribution in [0, 0.1) is 31.1 Å². The second kappa shape index (κ2) is 5.57. The van der Waals surface area contributed by atoms with Crippen LogP contribution in [0.2, 0.25) is 0 Å². The molecule has 1 aromatic rings. The highest BCUT2D eigenvalue weighted by atomic mass is 16.2. The van der Waals surface area contributed by atoms with Gasteiger partial charge in [-0.3, -0.25) is 4.79 Å². The molecule has 3 rings (SSSR count). The van der Waals surface area contributed by atoms with Gasteiger partial charge in [0, 0.05) is 0 Å². The molecule has 2 bridgehead atoms. The van der Waals surface area contributed by atoms with Crippen LogP contribution in [0.15, 0.2) is 30.4 Å². The Hall–Kier alpha value is -1.57. The van der Waals surface area contributed by atoms with Crippen LogP contribution < -0.4 is 5.32 Å². The topological polar surface area (TPSA) is 29.1 Å². The fraction of sp³-hybridized carbons (Fsp3) is 0.550. The lowest BCUT2D eigenvalue weighted by Gasteiger charge is -2.34. The Kier molecular flexibility index (Phi) is 3.88. The van der Waals surface area contributed by atoms with Gasteiger partial charge in [-0.2, -0.15) is 0 Å². The lowest BCUT2D eigenvalue weighted by Crippen LogP contribution is -2.44. The molecule has 2 aliphatic carbocycles. The van der Waals surface area contributed by atoms with Gasteiger partial charge in [0.2, 0.25) is 5.91 Å². The normalized spacial score (nSPS) is 30.5. The molecule has 4 unspecified atom stereocenters. The lowest BCUT2D eigenvalue weighted by molar-refractivity contribution is -0.133. The highest BCUT2D eigenvalue weighted by Crippen LogP contribution is 2.54. The largest absolute Gasteiger partial charge is 0.349 e. The first kappa shape index (κ1) is 15.3. The molecule has 0 radical (unpaired) electrons. The maximum atomic E-state index is 13.0. The number of hydrogen-bond acceptors (Lipinski definition) is 1. The number of allylic oxidation sites excluding steroid dienone is 2. The van der Waals surface area contributed by atoms with Gasteiger partial charge in [-0.15, -0.1) is 0 Å². The zero-order chi connectivity index (χ0) is 15.9. The number of carbonyl (C=O) groups excluding carboxylic acids is 1. The molecule has 0 heterocycles. The van der Waals surface area contributed by atoms with E-state index in [1.807, 2.05) is 0 Å². The summed E-state index contributed by atoms with van der Waals surface area (Å²) in [6, 6.07) is 6.53. The highest BCUT2D eigenvalue weighted by Gasteiger charge is 2.52. The molecular weight excluding hydrogens is 270 g/mol. The summed E-state index contributed by atoms with van der Waals surface area (Å²) in [7, 11) is 0. The quantitative estimate of drug-likeness (QED) is 0.816. The van der Waals surface area contributed by atoms with Gasteiger partial charge in [0.25, 0.3) is 0 Å². The van der Waals surface area contributed by atoms with Crippen molar-refractivity contribution >= 4 is 5.91 Å². The second-order valence-electron chi connectivity index (χ2n) is 7.26. The Morgan fingerprint density at radius 1 is 1.36 bits per heavy atom. The molecule has 1 saturated carbocycles. The maximum Gasteiger partial charge on any atom is 0.227 e. The van der Waals surface area contributed by atoms with E-state index in [9.17, 15) is 4.79 Å². The van der Waals surface area contributed by atoms with Crippen LogP contribution in [0.4, 0.5) is 0 Å². The molecule has 1 aromatic carbocycles. The third kappa shape index (κ3) is 2.39. The van der Waals surface area contributed by atoms with Crippen molar-refractivity contribution in [2.24, 2.45) is 17.3 Å². The Bertz CT molecular complexity index is 618. The Balaban J connectivity index is 1.77. The van der Waals surface area contributed by atoms with Gasteiger partial charge < -0.3 is 5.32 Å². The number of carbonyl (C=O) groups is 1. The average Bonchev–Trinajstić information content (AvgIpc) is 3.07. The standard InChI is InChI=1S/C20H27NO/c1-5-20(12-16-7-8-17(20)11-16)19(22)21-15(4)18-9-6-13(2)10-14(18)3/h6-10,15-17H,5,11-12H2,1-4H3,(H,21,22). The first-order valence-electron chi connectivity index (χ1n) is 8.52. The maximum absolute atomic E-state index is 13.0. The van der Waals surface area contributed by atoms with Crippen molar-refractivity contribution in [3.63, 3.8) is 0 Å². The molecule has 2 heteroatoms. The van der Waals surface area contributed by atoms with Gasteiger partial charge in [-0.1, -0.05) is 42.8 Å². The van der Waals surface area contributed by atoms with Crippen molar-refractivity contribution in [2.45, 2.75) is 53.0 Å². The summed E-state index contributed by atoms with van der Waals surface area (Å²) < 4.78 is 0. The number of aryl methyl sites for hydroxylation is 2. The third-order valence-corrected chi connectivity index (χ3v) is 5.83. The lowest BCUT2D eigenvalue weighted by atomic mass is 9.72. The van der Waals surface area contributed by atoms with Crippen LogP contribution in [-0.4, -0.2) is 5.91 Å². The summed E-state index contributed by atoms with van der Waals surface area (Å²) in [5.74, 6) is 1.31. The Morgan fingerprint density at radius 3 is 2.68 bits per heavy atom. The summed E-state index contributed by atoms with van der Waals surface area (Å²) in [6.07, 6.45) is 7.71. The van der Waals surface area contributed by atoms with Crippen LogP contribution >= 0.6 is 0 Å². The zero-order valence-corrected chi connectivity index (χ0v) is 14.1. The first-order chi connectivity index (χ1) is 10.5.